The maximum absolute atomic E-state index is 11.2. The van der Waals surface area contributed by atoms with Crippen LogP contribution in [0, 0.1) is 0 Å². The minimum absolute atomic E-state index is 0.0433. The molecule has 1 aliphatic heterocycles. The van der Waals surface area contributed by atoms with Gasteiger partial charge in [0.25, 0.3) is 5.91 Å². The van der Waals surface area contributed by atoms with Crippen LogP contribution in [0.25, 0.3) is 11.3 Å². The van der Waals surface area contributed by atoms with Gasteiger partial charge in [0.1, 0.15) is 5.75 Å². The number of benzene rings is 1. The topological polar surface area (TPSA) is 90.4 Å². The van der Waals surface area contributed by atoms with E-state index in [1.54, 1.807) is 18.2 Å². The second-order valence-electron chi connectivity index (χ2n) is 3.66. The number of carbonyl (C=O) groups is 1. The number of anilines is 2. The SMILES string of the molecule is Nc1cc(-c2ccc3c(c2)NC(=O)CO3)on1. The largest absolute Gasteiger partial charge is 0.482 e. The van der Waals surface area contributed by atoms with E-state index in [9.17, 15) is 4.79 Å². The Morgan fingerprint density at radius 3 is 3.00 bits per heavy atom. The third-order valence-electron chi connectivity index (χ3n) is 2.43. The van der Waals surface area contributed by atoms with Crippen molar-refractivity contribution >= 4 is 17.4 Å². The number of nitrogen functional groups attached to an aromatic ring is 1. The lowest BCUT2D eigenvalue weighted by Gasteiger charge is -2.17. The molecule has 1 amide bonds. The van der Waals surface area contributed by atoms with Crippen molar-refractivity contribution in [2.75, 3.05) is 17.7 Å². The number of nitrogens with two attached hydrogens (primary N) is 1. The quantitative estimate of drug-likeness (QED) is 0.770. The van der Waals surface area contributed by atoms with E-state index in [2.05, 4.69) is 10.5 Å². The highest BCUT2D eigenvalue weighted by molar-refractivity contribution is 5.96. The van der Waals surface area contributed by atoms with Crippen molar-refractivity contribution in [3.63, 3.8) is 0 Å². The lowest BCUT2D eigenvalue weighted by molar-refractivity contribution is -0.118. The summed E-state index contributed by atoms with van der Waals surface area (Å²) in [6, 6.07) is 6.96. The van der Waals surface area contributed by atoms with E-state index in [4.69, 9.17) is 15.0 Å². The Balaban J connectivity index is 2.03. The van der Waals surface area contributed by atoms with Crippen LogP contribution in [-0.4, -0.2) is 17.7 Å². The molecule has 1 aromatic heterocycles. The molecule has 0 saturated carbocycles. The van der Waals surface area contributed by atoms with Crippen LogP contribution in [0.2, 0.25) is 0 Å². The fraction of sp³-hybridized carbons (Fsp3) is 0.0909. The molecule has 0 fully saturated rings. The molecule has 0 bridgehead atoms. The summed E-state index contributed by atoms with van der Waals surface area (Å²) in [6.45, 7) is 0.0433. The lowest BCUT2D eigenvalue weighted by Crippen LogP contribution is -2.25. The van der Waals surface area contributed by atoms with Crippen LogP contribution in [0.5, 0.6) is 5.75 Å². The first-order valence-corrected chi connectivity index (χ1v) is 5.01. The number of carbonyl (C=O) groups excluding carboxylic acids is 1. The van der Waals surface area contributed by atoms with Crippen LogP contribution in [0.3, 0.4) is 0 Å². The van der Waals surface area contributed by atoms with Gasteiger partial charge in [0.15, 0.2) is 18.2 Å². The maximum Gasteiger partial charge on any atom is 0.262 e. The van der Waals surface area contributed by atoms with Gasteiger partial charge >= 0.3 is 0 Å². The van der Waals surface area contributed by atoms with Crippen molar-refractivity contribution in [2.24, 2.45) is 0 Å². The Labute approximate surface area is 96.3 Å². The average Bonchev–Trinajstić information content (AvgIpc) is 2.75. The van der Waals surface area contributed by atoms with Crippen LogP contribution in [0.4, 0.5) is 11.5 Å². The van der Waals surface area contributed by atoms with Crippen molar-refractivity contribution in [2.45, 2.75) is 0 Å². The molecular weight excluding hydrogens is 222 g/mol. The minimum Gasteiger partial charge on any atom is -0.482 e. The number of rotatable bonds is 1. The lowest BCUT2D eigenvalue weighted by atomic mass is 10.1. The molecule has 0 aliphatic carbocycles. The van der Waals surface area contributed by atoms with Gasteiger partial charge in [-0.15, -0.1) is 0 Å². The molecule has 0 atom stereocenters. The van der Waals surface area contributed by atoms with E-state index in [-0.39, 0.29) is 12.5 Å². The summed E-state index contributed by atoms with van der Waals surface area (Å²) in [5.41, 5.74) is 6.87. The highest BCUT2D eigenvalue weighted by Gasteiger charge is 2.17. The van der Waals surface area contributed by atoms with E-state index in [0.717, 1.165) is 5.56 Å². The minimum atomic E-state index is -0.174. The Bertz CT molecular complexity index is 591. The van der Waals surface area contributed by atoms with E-state index < -0.39 is 0 Å². The smallest absolute Gasteiger partial charge is 0.262 e. The first-order chi connectivity index (χ1) is 8.22. The number of aromatic nitrogens is 1. The summed E-state index contributed by atoms with van der Waals surface area (Å²) >= 11 is 0. The fourth-order valence-electron chi connectivity index (χ4n) is 1.66. The van der Waals surface area contributed by atoms with Crippen LogP contribution in [0.15, 0.2) is 28.8 Å². The molecule has 0 spiro atoms. The summed E-state index contributed by atoms with van der Waals surface area (Å²) in [4.78, 5) is 11.2. The third-order valence-corrected chi connectivity index (χ3v) is 2.43. The summed E-state index contributed by atoms with van der Waals surface area (Å²) in [5.74, 6) is 1.33. The number of fused-ring (bicyclic) bond motifs is 1. The predicted molar refractivity (Wildman–Crippen MR) is 60.5 cm³/mol. The van der Waals surface area contributed by atoms with Crippen molar-refractivity contribution in [1.29, 1.82) is 0 Å². The Morgan fingerprint density at radius 2 is 2.24 bits per heavy atom. The number of amides is 1. The molecule has 86 valence electrons. The molecule has 1 aliphatic rings. The molecule has 1 aromatic carbocycles. The molecular formula is C11H9N3O3. The molecule has 3 N–H and O–H groups in total. The zero-order chi connectivity index (χ0) is 11.8. The van der Waals surface area contributed by atoms with Gasteiger partial charge in [-0.05, 0) is 18.2 Å². The number of hydrogen-bond acceptors (Lipinski definition) is 5. The van der Waals surface area contributed by atoms with Crippen LogP contribution in [0.1, 0.15) is 0 Å². The van der Waals surface area contributed by atoms with Crippen molar-refractivity contribution < 1.29 is 14.1 Å². The van der Waals surface area contributed by atoms with Gasteiger partial charge in [0.2, 0.25) is 0 Å². The van der Waals surface area contributed by atoms with Gasteiger partial charge in [-0.25, -0.2) is 0 Å². The maximum atomic E-state index is 11.2. The summed E-state index contributed by atoms with van der Waals surface area (Å²) in [5, 5.41) is 6.32. The Hall–Kier alpha value is -2.50. The number of hydrogen-bond donors (Lipinski definition) is 2. The molecule has 17 heavy (non-hydrogen) atoms. The highest BCUT2D eigenvalue weighted by Crippen LogP contribution is 2.32. The highest BCUT2D eigenvalue weighted by atomic mass is 16.5. The summed E-state index contributed by atoms with van der Waals surface area (Å²) in [6.07, 6.45) is 0. The van der Waals surface area contributed by atoms with Gasteiger partial charge < -0.3 is 20.3 Å². The summed E-state index contributed by atoms with van der Waals surface area (Å²) in [7, 11) is 0. The van der Waals surface area contributed by atoms with Gasteiger partial charge in [0, 0.05) is 11.6 Å². The average molecular weight is 231 g/mol. The van der Waals surface area contributed by atoms with Gasteiger partial charge in [-0.1, -0.05) is 5.16 Å². The molecule has 2 aromatic rings. The van der Waals surface area contributed by atoms with Crippen molar-refractivity contribution in [1.82, 2.24) is 5.16 Å². The van der Waals surface area contributed by atoms with Crippen LogP contribution < -0.4 is 15.8 Å². The molecule has 6 nitrogen and oxygen atoms in total. The van der Waals surface area contributed by atoms with E-state index >= 15 is 0 Å². The second-order valence-corrected chi connectivity index (χ2v) is 3.66. The summed E-state index contributed by atoms with van der Waals surface area (Å²) < 4.78 is 10.3. The van der Waals surface area contributed by atoms with Crippen LogP contribution >= 0.6 is 0 Å². The molecule has 3 rings (SSSR count). The van der Waals surface area contributed by atoms with E-state index in [1.165, 1.54) is 0 Å². The Morgan fingerprint density at radius 1 is 1.35 bits per heavy atom. The number of ether oxygens (including phenoxy) is 1. The Kier molecular flexibility index (Phi) is 2.01. The third kappa shape index (κ3) is 1.69. The second kappa shape index (κ2) is 3.51. The number of nitrogens with one attached hydrogen (secondary N) is 1. The standard InChI is InChI=1S/C11H9N3O3/c12-10-4-9(17-14-10)6-1-2-8-7(3-6)13-11(15)5-16-8/h1-4H,5H2,(H2,12,14)(H,13,15). The van der Waals surface area contributed by atoms with Gasteiger partial charge in [0.05, 0.1) is 5.69 Å². The molecule has 0 radical (unpaired) electrons. The molecule has 6 heteroatoms. The molecule has 0 unspecified atom stereocenters. The number of nitrogens with zero attached hydrogens (tertiary/aromatic N) is 1. The monoisotopic (exact) mass is 231 g/mol. The van der Waals surface area contributed by atoms with Gasteiger partial charge in [-0.3, -0.25) is 4.79 Å². The predicted octanol–water partition coefficient (Wildman–Crippen LogP) is 1.25. The van der Waals surface area contributed by atoms with Crippen LogP contribution in [-0.2, 0) is 4.79 Å². The van der Waals surface area contributed by atoms with Crippen molar-refractivity contribution in [3.05, 3.63) is 24.3 Å². The zero-order valence-corrected chi connectivity index (χ0v) is 8.77. The van der Waals surface area contributed by atoms with Gasteiger partial charge in [-0.2, -0.15) is 0 Å². The van der Waals surface area contributed by atoms with Crippen molar-refractivity contribution in [3.8, 4) is 17.1 Å². The fourth-order valence-corrected chi connectivity index (χ4v) is 1.66. The first-order valence-electron chi connectivity index (χ1n) is 5.01. The molecule has 0 saturated heterocycles. The normalized spacial score (nSPS) is 13.8. The zero-order valence-electron chi connectivity index (χ0n) is 8.77. The van der Waals surface area contributed by atoms with E-state index in [1.807, 2.05) is 6.07 Å². The molecule has 2 heterocycles. The first kappa shape index (κ1) is 9.71. The van der Waals surface area contributed by atoms with E-state index in [0.29, 0.717) is 23.0 Å².